The fourth-order valence-corrected chi connectivity index (χ4v) is 1.57. The van der Waals surface area contributed by atoms with Crippen LogP contribution in [0.5, 0.6) is 0 Å². The van der Waals surface area contributed by atoms with Crippen molar-refractivity contribution in [3.63, 3.8) is 0 Å². The van der Waals surface area contributed by atoms with Crippen LogP contribution in [0.3, 0.4) is 0 Å². The van der Waals surface area contributed by atoms with Crippen LogP contribution >= 0.6 is 0 Å². The van der Waals surface area contributed by atoms with E-state index in [4.69, 9.17) is 10.8 Å². The van der Waals surface area contributed by atoms with E-state index in [-0.39, 0.29) is 12.2 Å². The Balaban J connectivity index is 2.84. The van der Waals surface area contributed by atoms with Crippen LogP contribution in [0.1, 0.15) is 23.6 Å². The summed E-state index contributed by atoms with van der Waals surface area (Å²) in [5.74, 6) is -1.34. The van der Waals surface area contributed by atoms with Gasteiger partial charge in [0.25, 0.3) is 0 Å². The first-order valence-electron chi connectivity index (χ1n) is 5.30. The van der Waals surface area contributed by atoms with Crippen molar-refractivity contribution in [2.45, 2.75) is 19.0 Å². The summed E-state index contributed by atoms with van der Waals surface area (Å²) in [5, 5.41) is 8.61. The molecule has 4 nitrogen and oxygen atoms in total. The summed E-state index contributed by atoms with van der Waals surface area (Å²) in [6, 6.07) is 3.96. The molecule has 0 aliphatic heterocycles. The van der Waals surface area contributed by atoms with E-state index in [1.807, 2.05) is 19.0 Å². The minimum Gasteiger partial charge on any atom is -0.481 e. The first-order chi connectivity index (χ1) is 7.90. The van der Waals surface area contributed by atoms with Gasteiger partial charge in [-0.2, -0.15) is 0 Å². The van der Waals surface area contributed by atoms with Crippen LogP contribution < -0.4 is 5.73 Å². The SMILES string of the molecule is CN(C)Cc1ccc(C(N)CC(=O)O)cc1F. The molecule has 0 aliphatic carbocycles. The second kappa shape index (κ2) is 5.75. The number of benzene rings is 1. The van der Waals surface area contributed by atoms with E-state index in [2.05, 4.69) is 0 Å². The number of nitrogens with two attached hydrogens (primary N) is 1. The van der Waals surface area contributed by atoms with E-state index >= 15 is 0 Å². The normalized spacial score (nSPS) is 12.8. The maximum Gasteiger partial charge on any atom is 0.305 e. The highest BCUT2D eigenvalue weighted by atomic mass is 19.1. The third-order valence-corrected chi connectivity index (χ3v) is 2.39. The molecule has 94 valence electrons. The number of carboxylic acid groups (broad SMARTS) is 1. The number of carboxylic acids is 1. The summed E-state index contributed by atoms with van der Waals surface area (Å²) in [5.41, 5.74) is 6.74. The van der Waals surface area contributed by atoms with Gasteiger partial charge in [-0.15, -0.1) is 0 Å². The fraction of sp³-hybridized carbons (Fsp3) is 0.417. The average molecular weight is 240 g/mol. The molecular weight excluding hydrogens is 223 g/mol. The highest BCUT2D eigenvalue weighted by molar-refractivity contribution is 5.67. The first kappa shape index (κ1) is 13.6. The Bertz CT molecular complexity index is 407. The molecule has 0 spiro atoms. The van der Waals surface area contributed by atoms with Gasteiger partial charge in [0.2, 0.25) is 0 Å². The standard InChI is InChI=1S/C12H17FN2O2/c1-15(2)7-9-4-3-8(5-10(9)13)11(14)6-12(16)17/h3-5,11H,6-7,14H2,1-2H3,(H,16,17). The Morgan fingerprint density at radius 1 is 1.53 bits per heavy atom. The van der Waals surface area contributed by atoms with Gasteiger partial charge in [0.05, 0.1) is 6.42 Å². The molecule has 1 rings (SSSR count). The number of halogens is 1. The molecule has 17 heavy (non-hydrogen) atoms. The minimum absolute atomic E-state index is 0.202. The van der Waals surface area contributed by atoms with E-state index in [1.165, 1.54) is 6.07 Å². The Morgan fingerprint density at radius 3 is 2.65 bits per heavy atom. The van der Waals surface area contributed by atoms with Crippen LogP contribution in [0.2, 0.25) is 0 Å². The smallest absolute Gasteiger partial charge is 0.305 e. The molecule has 0 radical (unpaired) electrons. The van der Waals surface area contributed by atoms with Gasteiger partial charge in [-0.3, -0.25) is 4.79 Å². The van der Waals surface area contributed by atoms with Gasteiger partial charge in [-0.05, 0) is 25.7 Å². The topological polar surface area (TPSA) is 66.6 Å². The van der Waals surface area contributed by atoms with E-state index < -0.39 is 12.0 Å². The van der Waals surface area contributed by atoms with E-state index in [9.17, 15) is 9.18 Å². The Kier molecular flexibility index (Phi) is 4.60. The van der Waals surface area contributed by atoms with Crippen LogP contribution in [0.15, 0.2) is 18.2 Å². The fourth-order valence-electron chi connectivity index (χ4n) is 1.57. The Labute approximate surface area is 99.8 Å². The largest absolute Gasteiger partial charge is 0.481 e. The zero-order valence-corrected chi connectivity index (χ0v) is 9.98. The number of aliphatic carboxylic acids is 1. The van der Waals surface area contributed by atoms with Crippen LogP contribution in [0.25, 0.3) is 0 Å². The van der Waals surface area contributed by atoms with Crippen molar-refractivity contribution in [1.82, 2.24) is 4.90 Å². The monoisotopic (exact) mass is 240 g/mol. The number of hydrogen-bond donors (Lipinski definition) is 2. The summed E-state index contributed by atoms with van der Waals surface area (Å²) in [4.78, 5) is 12.4. The third kappa shape index (κ3) is 4.13. The molecule has 0 saturated heterocycles. The molecule has 5 heteroatoms. The van der Waals surface area contributed by atoms with E-state index in [0.29, 0.717) is 17.7 Å². The van der Waals surface area contributed by atoms with Gasteiger partial charge in [0.1, 0.15) is 5.82 Å². The Morgan fingerprint density at radius 2 is 2.18 bits per heavy atom. The van der Waals surface area contributed by atoms with Crippen LogP contribution in [-0.4, -0.2) is 30.1 Å². The molecule has 3 N–H and O–H groups in total. The lowest BCUT2D eigenvalue weighted by Crippen LogP contribution is -2.16. The number of carbonyl (C=O) groups is 1. The lowest BCUT2D eigenvalue weighted by atomic mass is 10.0. The molecule has 1 aromatic rings. The molecule has 0 aliphatic rings. The number of nitrogens with zero attached hydrogens (tertiary/aromatic N) is 1. The second-order valence-electron chi connectivity index (χ2n) is 4.29. The maximum absolute atomic E-state index is 13.7. The van der Waals surface area contributed by atoms with Crippen molar-refractivity contribution in [3.8, 4) is 0 Å². The Hall–Kier alpha value is -1.46. The van der Waals surface area contributed by atoms with Gasteiger partial charge >= 0.3 is 5.97 Å². The highest BCUT2D eigenvalue weighted by Crippen LogP contribution is 2.18. The highest BCUT2D eigenvalue weighted by Gasteiger charge is 2.13. The summed E-state index contributed by atoms with van der Waals surface area (Å²) in [6.07, 6.45) is -0.202. The van der Waals surface area contributed by atoms with Crippen LogP contribution in [0.4, 0.5) is 4.39 Å². The lowest BCUT2D eigenvalue weighted by Gasteiger charge is -2.13. The first-order valence-corrected chi connectivity index (χ1v) is 5.30. The predicted octanol–water partition coefficient (Wildman–Crippen LogP) is 1.36. The zero-order valence-electron chi connectivity index (χ0n) is 9.98. The number of hydrogen-bond acceptors (Lipinski definition) is 3. The molecule has 0 fully saturated rings. The van der Waals surface area contributed by atoms with Gasteiger partial charge in [0, 0.05) is 18.2 Å². The summed E-state index contributed by atoms with van der Waals surface area (Å²) in [6.45, 7) is 0.500. The van der Waals surface area contributed by atoms with Crippen LogP contribution in [0, 0.1) is 5.82 Å². The van der Waals surface area contributed by atoms with Gasteiger partial charge < -0.3 is 15.7 Å². The van der Waals surface area contributed by atoms with E-state index in [1.54, 1.807) is 12.1 Å². The van der Waals surface area contributed by atoms with Crippen molar-refractivity contribution in [2.75, 3.05) is 14.1 Å². The molecule has 0 aromatic heterocycles. The van der Waals surface area contributed by atoms with Gasteiger partial charge in [-0.1, -0.05) is 12.1 Å². The molecule has 0 amide bonds. The minimum atomic E-state index is -0.990. The van der Waals surface area contributed by atoms with Crippen molar-refractivity contribution in [1.29, 1.82) is 0 Å². The molecule has 1 unspecified atom stereocenters. The molecule has 0 saturated carbocycles. The maximum atomic E-state index is 13.7. The van der Waals surface area contributed by atoms with E-state index in [0.717, 1.165) is 0 Å². The summed E-state index contributed by atoms with van der Waals surface area (Å²) < 4.78 is 13.7. The average Bonchev–Trinajstić information content (AvgIpc) is 2.19. The summed E-state index contributed by atoms with van der Waals surface area (Å²) in [7, 11) is 3.70. The van der Waals surface area contributed by atoms with Crippen molar-refractivity contribution in [3.05, 3.63) is 35.1 Å². The van der Waals surface area contributed by atoms with Crippen LogP contribution in [-0.2, 0) is 11.3 Å². The molecule has 0 bridgehead atoms. The zero-order chi connectivity index (χ0) is 13.0. The molecule has 1 aromatic carbocycles. The predicted molar refractivity (Wildman–Crippen MR) is 63.0 cm³/mol. The van der Waals surface area contributed by atoms with Gasteiger partial charge in [-0.25, -0.2) is 4.39 Å². The van der Waals surface area contributed by atoms with Crippen molar-refractivity contribution >= 4 is 5.97 Å². The molecular formula is C12H17FN2O2. The lowest BCUT2D eigenvalue weighted by molar-refractivity contribution is -0.137. The second-order valence-corrected chi connectivity index (χ2v) is 4.29. The molecule has 1 atom stereocenters. The van der Waals surface area contributed by atoms with Crippen molar-refractivity contribution < 1.29 is 14.3 Å². The number of rotatable bonds is 5. The van der Waals surface area contributed by atoms with Crippen molar-refractivity contribution in [2.24, 2.45) is 5.73 Å². The molecule has 0 heterocycles. The third-order valence-electron chi connectivity index (χ3n) is 2.39. The van der Waals surface area contributed by atoms with Gasteiger partial charge in [0.15, 0.2) is 0 Å². The quantitative estimate of drug-likeness (QED) is 0.815. The summed E-state index contributed by atoms with van der Waals surface area (Å²) >= 11 is 0.